The van der Waals surface area contributed by atoms with Crippen molar-refractivity contribution in [2.24, 2.45) is 0 Å². The van der Waals surface area contributed by atoms with Gasteiger partial charge in [-0.05, 0) is 37.8 Å². The second kappa shape index (κ2) is 5.56. The van der Waals surface area contributed by atoms with Crippen molar-refractivity contribution in [3.8, 4) is 0 Å². The number of piperidine rings is 1. The number of rotatable bonds is 2. The standard InChI is InChI=1S/C18H21N5O/c1-13-14(2)21-23-12-19-20-17(23)16(13)22-10-8-18(24,9-11-22)15-6-4-3-5-7-15/h3-7,12,24H,8-11H2,1-2H3. The maximum atomic E-state index is 11.0. The average molecular weight is 323 g/mol. The highest BCUT2D eigenvalue weighted by atomic mass is 16.3. The van der Waals surface area contributed by atoms with Crippen molar-refractivity contribution in [2.45, 2.75) is 32.3 Å². The Kier molecular flexibility index (Phi) is 3.49. The van der Waals surface area contributed by atoms with Gasteiger partial charge in [-0.15, -0.1) is 10.2 Å². The molecule has 1 aromatic carbocycles. The first-order valence-electron chi connectivity index (χ1n) is 8.28. The fraction of sp³-hybridized carbons (Fsp3) is 0.389. The van der Waals surface area contributed by atoms with Gasteiger partial charge in [0, 0.05) is 13.1 Å². The SMILES string of the molecule is Cc1nn2cnnc2c(N2CCC(O)(c3ccccc3)CC2)c1C. The van der Waals surface area contributed by atoms with Crippen LogP contribution in [0.1, 0.15) is 29.7 Å². The van der Waals surface area contributed by atoms with Gasteiger partial charge in [0.1, 0.15) is 6.33 Å². The largest absolute Gasteiger partial charge is 0.385 e. The number of aliphatic hydroxyl groups is 1. The van der Waals surface area contributed by atoms with Crippen molar-refractivity contribution in [2.75, 3.05) is 18.0 Å². The van der Waals surface area contributed by atoms with Crippen LogP contribution >= 0.6 is 0 Å². The Balaban J connectivity index is 1.65. The quantitative estimate of drug-likeness (QED) is 0.783. The molecule has 0 bridgehead atoms. The fourth-order valence-electron chi connectivity index (χ4n) is 3.55. The topological polar surface area (TPSA) is 66.5 Å². The summed E-state index contributed by atoms with van der Waals surface area (Å²) in [4.78, 5) is 2.30. The van der Waals surface area contributed by atoms with Crippen LogP contribution in [0.4, 0.5) is 5.69 Å². The molecule has 3 aromatic rings. The number of benzene rings is 1. The zero-order chi connectivity index (χ0) is 16.7. The van der Waals surface area contributed by atoms with Crippen LogP contribution in [-0.2, 0) is 5.60 Å². The van der Waals surface area contributed by atoms with Gasteiger partial charge in [-0.2, -0.15) is 9.61 Å². The monoisotopic (exact) mass is 323 g/mol. The summed E-state index contributed by atoms with van der Waals surface area (Å²) < 4.78 is 1.73. The smallest absolute Gasteiger partial charge is 0.201 e. The van der Waals surface area contributed by atoms with E-state index in [9.17, 15) is 5.11 Å². The Morgan fingerprint density at radius 3 is 2.50 bits per heavy atom. The van der Waals surface area contributed by atoms with Crippen molar-refractivity contribution < 1.29 is 5.11 Å². The molecule has 0 amide bonds. The minimum atomic E-state index is -0.752. The molecule has 1 aliphatic heterocycles. The highest BCUT2D eigenvalue weighted by Crippen LogP contribution is 2.36. The van der Waals surface area contributed by atoms with Crippen LogP contribution in [0.5, 0.6) is 0 Å². The van der Waals surface area contributed by atoms with Gasteiger partial charge in [0.05, 0.1) is 17.0 Å². The molecule has 124 valence electrons. The Morgan fingerprint density at radius 1 is 1.08 bits per heavy atom. The Bertz CT molecular complexity index is 866. The number of hydrogen-bond acceptors (Lipinski definition) is 5. The molecule has 0 unspecified atom stereocenters. The lowest BCUT2D eigenvalue weighted by Gasteiger charge is -2.40. The van der Waals surface area contributed by atoms with E-state index in [1.165, 1.54) is 0 Å². The molecule has 2 aromatic heterocycles. The first-order valence-corrected chi connectivity index (χ1v) is 8.28. The van der Waals surface area contributed by atoms with E-state index in [1.807, 2.05) is 37.3 Å². The Hall–Kier alpha value is -2.47. The highest BCUT2D eigenvalue weighted by molar-refractivity contribution is 5.72. The van der Waals surface area contributed by atoms with Gasteiger partial charge in [0.15, 0.2) is 0 Å². The average Bonchev–Trinajstić information content (AvgIpc) is 3.06. The normalized spacial score (nSPS) is 17.4. The summed E-state index contributed by atoms with van der Waals surface area (Å²) in [6.45, 7) is 5.63. The van der Waals surface area contributed by atoms with E-state index in [1.54, 1.807) is 10.8 Å². The highest BCUT2D eigenvalue weighted by Gasteiger charge is 2.35. The third-order valence-electron chi connectivity index (χ3n) is 5.12. The minimum absolute atomic E-state index is 0.693. The zero-order valence-corrected chi connectivity index (χ0v) is 14.0. The summed E-state index contributed by atoms with van der Waals surface area (Å²) in [6, 6.07) is 9.96. The molecule has 1 N–H and O–H groups in total. The third kappa shape index (κ3) is 2.34. The van der Waals surface area contributed by atoms with Crippen molar-refractivity contribution in [1.29, 1.82) is 0 Å². The minimum Gasteiger partial charge on any atom is -0.385 e. The number of aryl methyl sites for hydroxylation is 1. The van der Waals surface area contributed by atoms with Gasteiger partial charge < -0.3 is 10.0 Å². The van der Waals surface area contributed by atoms with Crippen molar-refractivity contribution in [3.05, 3.63) is 53.5 Å². The lowest BCUT2D eigenvalue weighted by atomic mass is 9.84. The first-order chi connectivity index (χ1) is 11.6. The van der Waals surface area contributed by atoms with Crippen molar-refractivity contribution in [1.82, 2.24) is 19.8 Å². The van der Waals surface area contributed by atoms with Crippen LogP contribution < -0.4 is 4.90 Å². The van der Waals surface area contributed by atoms with Crippen LogP contribution in [-0.4, -0.2) is 38.0 Å². The molecule has 1 fully saturated rings. The van der Waals surface area contributed by atoms with E-state index < -0.39 is 5.60 Å². The van der Waals surface area contributed by atoms with Crippen LogP contribution in [0, 0.1) is 13.8 Å². The predicted molar refractivity (Wildman–Crippen MR) is 92.0 cm³/mol. The molecule has 6 nitrogen and oxygen atoms in total. The summed E-state index contributed by atoms with van der Waals surface area (Å²) in [6.07, 6.45) is 3.02. The fourth-order valence-corrected chi connectivity index (χ4v) is 3.55. The second-order valence-electron chi connectivity index (χ2n) is 6.54. The number of nitrogens with zero attached hydrogens (tertiary/aromatic N) is 5. The summed E-state index contributed by atoms with van der Waals surface area (Å²) in [5.74, 6) is 0. The van der Waals surface area contributed by atoms with E-state index in [2.05, 4.69) is 27.1 Å². The number of fused-ring (bicyclic) bond motifs is 1. The van der Waals surface area contributed by atoms with E-state index in [0.29, 0.717) is 12.8 Å². The lowest BCUT2D eigenvalue weighted by molar-refractivity contribution is 0.0118. The molecule has 0 saturated carbocycles. The van der Waals surface area contributed by atoms with Crippen LogP contribution in [0.2, 0.25) is 0 Å². The van der Waals surface area contributed by atoms with Crippen LogP contribution in [0.15, 0.2) is 36.7 Å². The van der Waals surface area contributed by atoms with Crippen molar-refractivity contribution in [3.63, 3.8) is 0 Å². The second-order valence-corrected chi connectivity index (χ2v) is 6.54. The molecule has 0 spiro atoms. The van der Waals surface area contributed by atoms with E-state index in [-0.39, 0.29) is 0 Å². The van der Waals surface area contributed by atoms with Crippen LogP contribution in [0.25, 0.3) is 5.65 Å². The molecular weight excluding hydrogens is 302 g/mol. The van der Waals surface area contributed by atoms with Gasteiger partial charge in [0.2, 0.25) is 5.65 Å². The summed E-state index contributed by atoms with van der Waals surface area (Å²) >= 11 is 0. The zero-order valence-electron chi connectivity index (χ0n) is 14.0. The maximum absolute atomic E-state index is 11.0. The summed E-state index contributed by atoms with van der Waals surface area (Å²) in [5, 5.41) is 23.7. The molecule has 0 aliphatic carbocycles. The third-order valence-corrected chi connectivity index (χ3v) is 5.12. The lowest BCUT2D eigenvalue weighted by Crippen LogP contribution is -2.43. The van der Waals surface area contributed by atoms with Crippen molar-refractivity contribution >= 4 is 11.3 Å². The van der Waals surface area contributed by atoms with E-state index in [0.717, 1.165) is 41.2 Å². The predicted octanol–water partition coefficient (Wildman–Crippen LogP) is 2.23. The Morgan fingerprint density at radius 2 is 1.79 bits per heavy atom. The Labute approximate surface area is 140 Å². The molecule has 3 heterocycles. The van der Waals surface area contributed by atoms with E-state index >= 15 is 0 Å². The molecule has 1 saturated heterocycles. The summed E-state index contributed by atoms with van der Waals surface area (Å²) in [7, 11) is 0. The summed E-state index contributed by atoms with van der Waals surface area (Å²) in [5.41, 5.74) is 4.21. The number of anilines is 1. The molecule has 6 heteroatoms. The molecule has 0 radical (unpaired) electrons. The van der Waals surface area contributed by atoms with Gasteiger partial charge >= 0.3 is 0 Å². The van der Waals surface area contributed by atoms with Gasteiger partial charge in [0.25, 0.3) is 0 Å². The number of aromatic nitrogens is 4. The molecule has 0 atom stereocenters. The van der Waals surface area contributed by atoms with Gasteiger partial charge in [-0.1, -0.05) is 30.3 Å². The van der Waals surface area contributed by atoms with E-state index in [4.69, 9.17) is 0 Å². The van der Waals surface area contributed by atoms with Gasteiger partial charge in [-0.25, -0.2) is 0 Å². The van der Waals surface area contributed by atoms with Crippen LogP contribution in [0.3, 0.4) is 0 Å². The number of hydrogen-bond donors (Lipinski definition) is 1. The molecule has 4 rings (SSSR count). The molecule has 1 aliphatic rings. The molecular formula is C18H21N5O. The first kappa shape index (κ1) is 15.1. The maximum Gasteiger partial charge on any atom is 0.201 e. The molecule has 24 heavy (non-hydrogen) atoms. The van der Waals surface area contributed by atoms with Gasteiger partial charge in [-0.3, -0.25) is 0 Å².